The largest absolute Gasteiger partial charge is 0.492 e. The van der Waals surface area contributed by atoms with Gasteiger partial charge in [0.25, 0.3) is 0 Å². The van der Waals surface area contributed by atoms with E-state index >= 15 is 0 Å². The Hall–Kier alpha value is -3.69. The molecule has 4 rings (SSSR count). The second-order valence-electron chi connectivity index (χ2n) is 8.69. The lowest BCUT2D eigenvalue weighted by molar-refractivity contribution is -0.145. The van der Waals surface area contributed by atoms with Gasteiger partial charge >= 0.3 is 5.97 Å². The van der Waals surface area contributed by atoms with Gasteiger partial charge in [0, 0.05) is 5.92 Å². The fourth-order valence-electron chi connectivity index (χ4n) is 4.06. The number of anilines is 2. The Balaban J connectivity index is 1.45. The quantitative estimate of drug-likeness (QED) is 0.459. The van der Waals surface area contributed by atoms with Crippen molar-refractivity contribution in [3.63, 3.8) is 0 Å². The Bertz CT molecular complexity index is 1120. The van der Waals surface area contributed by atoms with E-state index in [-0.39, 0.29) is 17.9 Å². The number of hydrogen-bond acceptors (Lipinski definition) is 9. The number of hydrogen-bond donors (Lipinski definition) is 2. The maximum atomic E-state index is 11.5. The highest BCUT2D eigenvalue weighted by Gasteiger charge is 2.31. The first kappa shape index (κ1) is 23.5. The Kier molecular flexibility index (Phi) is 7.24. The molecule has 1 fully saturated rings. The molecular weight excluding hydrogens is 438 g/mol. The lowest BCUT2D eigenvalue weighted by atomic mass is 9.80. The molecule has 1 aliphatic carbocycles. The zero-order valence-electron chi connectivity index (χ0n) is 19.5. The second-order valence-corrected chi connectivity index (χ2v) is 8.69. The SMILES string of the molecule is Cc1noc(-c2ccc(OCC3CCCCC3C(=O)O)cn2)c1Nc1cncc(OC(C)C)n1. The monoisotopic (exact) mass is 467 g/mol. The van der Waals surface area contributed by atoms with Crippen LogP contribution in [0.3, 0.4) is 0 Å². The van der Waals surface area contributed by atoms with Crippen molar-refractivity contribution < 1.29 is 23.9 Å². The molecule has 3 heterocycles. The van der Waals surface area contributed by atoms with E-state index in [0.717, 1.165) is 19.3 Å². The third kappa shape index (κ3) is 5.62. The smallest absolute Gasteiger partial charge is 0.306 e. The first-order valence-electron chi connectivity index (χ1n) is 11.4. The van der Waals surface area contributed by atoms with E-state index in [0.29, 0.717) is 53.3 Å². The van der Waals surface area contributed by atoms with Gasteiger partial charge in [0.15, 0.2) is 5.82 Å². The van der Waals surface area contributed by atoms with Crippen LogP contribution in [0.15, 0.2) is 35.2 Å². The number of carboxylic acid groups (broad SMARTS) is 1. The van der Waals surface area contributed by atoms with E-state index in [2.05, 4.69) is 25.4 Å². The first-order valence-corrected chi connectivity index (χ1v) is 11.4. The van der Waals surface area contributed by atoms with Gasteiger partial charge in [0.2, 0.25) is 11.6 Å². The van der Waals surface area contributed by atoms with Crippen LogP contribution < -0.4 is 14.8 Å². The lowest BCUT2D eigenvalue weighted by Crippen LogP contribution is -2.31. The summed E-state index contributed by atoms with van der Waals surface area (Å²) in [6.07, 6.45) is 8.29. The van der Waals surface area contributed by atoms with Gasteiger partial charge in [-0.1, -0.05) is 18.0 Å². The second kappa shape index (κ2) is 10.5. The van der Waals surface area contributed by atoms with Crippen LogP contribution in [-0.2, 0) is 4.79 Å². The predicted molar refractivity (Wildman–Crippen MR) is 124 cm³/mol. The Morgan fingerprint density at radius 1 is 1.24 bits per heavy atom. The molecule has 3 aromatic rings. The van der Waals surface area contributed by atoms with Crippen LogP contribution >= 0.6 is 0 Å². The molecule has 2 unspecified atom stereocenters. The van der Waals surface area contributed by atoms with Crippen LogP contribution in [0.4, 0.5) is 11.5 Å². The summed E-state index contributed by atoms with van der Waals surface area (Å²) >= 11 is 0. The normalized spacial score (nSPS) is 18.0. The number of aromatic nitrogens is 4. The van der Waals surface area contributed by atoms with E-state index in [9.17, 15) is 9.90 Å². The molecule has 1 aliphatic rings. The number of pyridine rings is 1. The topological polar surface area (TPSA) is 132 Å². The summed E-state index contributed by atoms with van der Waals surface area (Å²) < 4.78 is 17.0. The number of rotatable bonds is 9. The van der Waals surface area contributed by atoms with Crippen molar-refractivity contribution in [2.45, 2.75) is 52.6 Å². The summed E-state index contributed by atoms with van der Waals surface area (Å²) in [6.45, 7) is 6.02. The van der Waals surface area contributed by atoms with Crippen LogP contribution in [0, 0.1) is 18.8 Å². The molecule has 34 heavy (non-hydrogen) atoms. The maximum Gasteiger partial charge on any atom is 0.306 e. The molecule has 3 aromatic heterocycles. The van der Waals surface area contributed by atoms with Gasteiger partial charge in [0.05, 0.1) is 37.2 Å². The molecule has 0 bridgehead atoms. The van der Waals surface area contributed by atoms with Gasteiger partial charge in [0.1, 0.15) is 22.8 Å². The molecule has 0 saturated heterocycles. The third-order valence-electron chi connectivity index (χ3n) is 5.74. The molecule has 180 valence electrons. The van der Waals surface area contributed by atoms with Crippen molar-refractivity contribution in [1.29, 1.82) is 0 Å². The maximum absolute atomic E-state index is 11.5. The summed E-state index contributed by atoms with van der Waals surface area (Å²) in [5.41, 5.74) is 1.84. The molecule has 0 aromatic carbocycles. The van der Waals surface area contributed by atoms with Crippen LogP contribution in [0.2, 0.25) is 0 Å². The van der Waals surface area contributed by atoms with E-state index in [4.69, 9.17) is 14.0 Å². The minimum atomic E-state index is -0.742. The molecule has 2 N–H and O–H groups in total. The van der Waals surface area contributed by atoms with Crippen LogP contribution in [-0.4, -0.2) is 43.9 Å². The minimum absolute atomic E-state index is 0.00945. The number of carboxylic acids is 1. The first-order chi connectivity index (χ1) is 16.4. The molecule has 0 aliphatic heterocycles. The highest BCUT2D eigenvalue weighted by Crippen LogP contribution is 2.33. The fraction of sp³-hybridized carbons (Fsp3) is 0.458. The van der Waals surface area contributed by atoms with E-state index < -0.39 is 5.97 Å². The van der Waals surface area contributed by atoms with Gasteiger partial charge in [-0.2, -0.15) is 4.98 Å². The number of nitrogens with one attached hydrogen (secondary N) is 1. The van der Waals surface area contributed by atoms with Crippen LogP contribution in [0.1, 0.15) is 45.2 Å². The lowest BCUT2D eigenvalue weighted by Gasteiger charge is -2.28. The van der Waals surface area contributed by atoms with E-state index in [1.807, 2.05) is 20.8 Å². The van der Waals surface area contributed by atoms with Crippen LogP contribution in [0.5, 0.6) is 11.6 Å². The molecule has 0 radical (unpaired) electrons. The van der Waals surface area contributed by atoms with Crippen molar-refractivity contribution >= 4 is 17.5 Å². The summed E-state index contributed by atoms with van der Waals surface area (Å²) in [5.74, 6) is 0.861. The summed E-state index contributed by atoms with van der Waals surface area (Å²) in [6, 6.07) is 3.57. The Morgan fingerprint density at radius 3 is 2.79 bits per heavy atom. The summed E-state index contributed by atoms with van der Waals surface area (Å²) in [4.78, 5) is 24.6. The minimum Gasteiger partial charge on any atom is -0.492 e. The molecule has 1 saturated carbocycles. The van der Waals surface area contributed by atoms with Gasteiger partial charge in [-0.15, -0.1) is 0 Å². The molecule has 0 spiro atoms. The number of nitrogens with zero attached hydrogens (tertiary/aromatic N) is 4. The number of aliphatic carboxylic acids is 1. The van der Waals surface area contributed by atoms with E-state index in [1.54, 1.807) is 30.7 Å². The van der Waals surface area contributed by atoms with Gasteiger partial charge < -0.3 is 24.4 Å². The molecule has 10 heteroatoms. The highest BCUT2D eigenvalue weighted by molar-refractivity contribution is 5.75. The molecule has 0 amide bonds. The zero-order chi connectivity index (χ0) is 24.1. The Morgan fingerprint density at radius 2 is 2.06 bits per heavy atom. The Labute approximate surface area is 197 Å². The van der Waals surface area contributed by atoms with Gasteiger partial charge in [-0.25, -0.2) is 4.98 Å². The third-order valence-corrected chi connectivity index (χ3v) is 5.74. The van der Waals surface area contributed by atoms with Crippen LogP contribution in [0.25, 0.3) is 11.5 Å². The van der Waals surface area contributed by atoms with Crippen molar-refractivity contribution in [2.24, 2.45) is 11.8 Å². The molecule has 2 atom stereocenters. The fourth-order valence-corrected chi connectivity index (χ4v) is 4.06. The predicted octanol–water partition coefficient (Wildman–Crippen LogP) is 4.64. The van der Waals surface area contributed by atoms with Crippen molar-refractivity contribution in [3.8, 4) is 23.1 Å². The zero-order valence-corrected chi connectivity index (χ0v) is 19.5. The van der Waals surface area contributed by atoms with Gasteiger partial charge in [-0.05, 0) is 45.7 Å². The average Bonchev–Trinajstić information content (AvgIpc) is 3.18. The van der Waals surface area contributed by atoms with E-state index in [1.165, 1.54) is 0 Å². The molecule has 10 nitrogen and oxygen atoms in total. The highest BCUT2D eigenvalue weighted by atomic mass is 16.5. The number of carbonyl (C=O) groups is 1. The number of ether oxygens (including phenoxy) is 2. The molecular formula is C24H29N5O5. The van der Waals surface area contributed by atoms with Gasteiger partial charge in [-0.3, -0.25) is 9.78 Å². The van der Waals surface area contributed by atoms with Crippen molar-refractivity contribution in [2.75, 3.05) is 11.9 Å². The number of aryl methyl sites for hydroxylation is 1. The average molecular weight is 468 g/mol. The summed E-state index contributed by atoms with van der Waals surface area (Å²) in [5, 5.41) is 16.7. The standard InChI is InChI=1S/C24H29N5O5/c1-14(2)33-21-12-25-11-20(27-21)28-22-15(3)29-34-23(22)19-9-8-17(10-26-19)32-13-16-6-4-5-7-18(16)24(30)31/h8-12,14,16,18H,4-7,13H2,1-3H3,(H,27,28)(H,30,31). The van der Waals surface area contributed by atoms with Crippen molar-refractivity contribution in [1.82, 2.24) is 20.1 Å². The summed E-state index contributed by atoms with van der Waals surface area (Å²) in [7, 11) is 0. The van der Waals surface area contributed by atoms with Crippen molar-refractivity contribution in [3.05, 3.63) is 36.4 Å².